The summed E-state index contributed by atoms with van der Waals surface area (Å²) < 4.78 is 2.03. The van der Waals surface area contributed by atoms with Gasteiger partial charge in [-0.05, 0) is 93.0 Å². The van der Waals surface area contributed by atoms with Gasteiger partial charge in [-0.2, -0.15) is 0 Å². The molecular formula is C42H44N10O3. The van der Waals surface area contributed by atoms with Crippen LogP contribution in [0, 0.1) is 0 Å². The van der Waals surface area contributed by atoms with Crippen LogP contribution in [-0.2, 0) is 22.4 Å². The highest BCUT2D eigenvalue weighted by atomic mass is 16.3. The van der Waals surface area contributed by atoms with Crippen molar-refractivity contribution in [3.8, 4) is 17.0 Å². The summed E-state index contributed by atoms with van der Waals surface area (Å²) in [7, 11) is 0. The van der Waals surface area contributed by atoms with E-state index in [9.17, 15) is 14.7 Å². The molecule has 3 aliphatic rings. The van der Waals surface area contributed by atoms with Gasteiger partial charge in [-0.25, -0.2) is 15.0 Å². The Balaban J connectivity index is 0.818. The minimum atomic E-state index is -0.459. The van der Waals surface area contributed by atoms with Gasteiger partial charge in [-0.15, -0.1) is 10.2 Å². The lowest BCUT2D eigenvalue weighted by Crippen LogP contribution is -2.54. The highest BCUT2D eigenvalue weighted by Crippen LogP contribution is 2.39. The molecule has 55 heavy (non-hydrogen) atoms. The van der Waals surface area contributed by atoms with Crippen LogP contribution in [0.1, 0.15) is 68.7 Å². The Morgan fingerprint density at radius 2 is 1.65 bits per heavy atom. The van der Waals surface area contributed by atoms with E-state index in [0.29, 0.717) is 29.9 Å². The van der Waals surface area contributed by atoms with Crippen LogP contribution in [0.5, 0.6) is 5.75 Å². The standard InChI is InChI=1S/C42H44N10O3/c43-39-35(23-32(48-49-39)30-12-5-6-15-36(30)53)50-24-28-16-17-29(25-50)51(28)42-45-22-20-27(46-42)11-4-2-1-3-9-26-10-7-14-33-38(26)31-13-8-21-44-40(31)52(33)34-18-19-37(54)47-41(34)55/h5-8,10,12-15,20-23,28-29,34,53H,1-4,9,11,16-19,24-25H2,(H2,43,49)(H,47,54,55). The Morgan fingerprint density at radius 1 is 0.836 bits per heavy atom. The zero-order valence-corrected chi connectivity index (χ0v) is 30.6. The molecule has 2 bridgehead atoms. The first-order chi connectivity index (χ1) is 26.9. The molecular weight excluding hydrogens is 693 g/mol. The number of pyridine rings is 1. The topological polar surface area (TPSA) is 168 Å². The summed E-state index contributed by atoms with van der Waals surface area (Å²) in [6, 6.07) is 21.5. The molecule has 4 aromatic heterocycles. The molecule has 6 aromatic rings. The summed E-state index contributed by atoms with van der Waals surface area (Å²) in [5.41, 5.74) is 12.5. The van der Waals surface area contributed by atoms with E-state index in [1.54, 1.807) is 18.3 Å². The number of hydrogen-bond acceptors (Lipinski definition) is 11. The third-order valence-corrected chi connectivity index (χ3v) is 11.6. The van der Waals surface area contributed by atoms with Crippen molar-refractivity contribution < 1.29 is 14.7 Å². The molecule has 2 aromatic carbocycles. The number of unbranched alkanes of at least 4 members (excludes halogenated alkanes) is 3. The van der Waals surface area contributed by atoms with Crippen molar-refractivity contribution in [3.63, 3.8) is 0 Å². The Hall–Kier alpha value is -6.11. The fourth-order valence-electron chi connectivity index (χ4n) is 8.96. The highest BCUT2D eigenvalue weighted by Gasteiger charge is 2.42. The number of carbonyl (C=O) groups excluding carboxylic acids is 2. The van der Waals surface area contributed by atoms with Gasteiger partial charge in [0.25, 0.3) is 0 Å². The van der Waals surface area contributed by atoms with Crippen LogP contribution in [0.25, 0.3) is 33.2 Å². The number of carbonyl (C=O) groups is 2. The number of piperazine rings is 1. The predicted molar refractivity (Wildman–Crippen MR) is 212 cm³/mol. The van der Waals surface area contributed by atoms with E-state index in [1.807, 2.05) is 41.1 Å². The third kappa shape index (κ3) is 6.57. The number of aromatic nitrogens is 6. The second-order valence-corrected chi connectivity index (χ2v) is 15.0. The number of hydrogen-bond donors (Lipinski definition) is 3. The minimum Gasteiger partial charge on any atom is -0.507 e. The molecule has 0 aliphatic carbocycles. The largest absolute Gasteiger partial charge is 0.507 e. The van der Waals surface area contributed by atoms with E-state index >= 15 is 0 Å². The molecule has 3 unspecified atom stereocenters. The van der Waals surface area contributed by atoms with E-state index in [2.05, 4.69) is 54.6 Å². The first-order valence-corrected chi connectivity index (χ1v) is 19.4. The monoisotopic (exact) mass is 736 g/mol. The molecule has 7 heterocycles. The lowest BCUT2D eigenvalue weighted by molar-refractivity contribution is -0.135. The summed E-state index contributed by atoms with van der Waals surface area (Å²) >= 11 is 0. The van der Waals surface area contributed by atoms with Gasteiger partial charge >= 0.3 is 0 Å². The van der Waals surface area contributed by atoms with Gasteiger partial charge < -0.3 is 25.2 Å². The predicted octanol–water partition coefficient (Wildman–Crippen LogP) is 5.91. The number of phenolic OH excluding ortho intramolecular Hbond substituents is 1. The van der Waals surface area contributed by atoms with Gasteiger partial charge in [0.2, 0.25) is 17.8 Å². The normalized spacial score (nSPS) is 19.7. The van der Waals surface area contributed by atoms with E-state index in [1.165, 1.54) is 5.56 Å². The van der Waals surface area contributed by atoms with E-state index in [-0.39, 0.29) is 29.6 Å². The van der Waals surface area contributed by atoms with Crippen molar-refractivity contribution in [1.29, 1.82) is 0 Å². The van der Waals surface area contributed by atoms with Crippen molar-refractivity contribution in [2.45, 2.75) is 82.3 Å². The van der Waals surface area contributed by atoms with Crippen molar-refractivity contribution >= 4 is 51.2 Å². The summed E-state index contributed by atoms with van der Waals surface area (Å²) in [6.07, 6.45) is 12.7. The second kappa shape index (κ2) is 14.6. The number of imide groups is 1. The maximum Gasteiger partial charge on any atom is 0.249 e. The van der Waals surface area contributed by atoms with Gasteiger partial charge in [0, 0.05) is 66.0 Å². The van der Waals surface area contributed by atoms with Gasteiger partial charge in [0.1, 0.15) is 17.4 Å². The molecule has 9 rings (SSSR count). The molecule has 0 spiro atoms. The fraction of sp³-hybridized carbons (Fsp3) is 0.357. The number of fused-ring (bicyclic) bond motifs is 5. The van der Waals surface area contributed by atoms with Gasteiger partial charge in [-0.1, -0.05) is 37.1 Å². The molecule has 3 aliphatic heterocycles. The molecule has 280 valence electrons. The molecule has 13 nitrogen and oxygen atoms in total. The maximum absolute atomic E-state index is 12.9. The van der Waals surface area contributed by atoms with Gasteiger partial charge in [-0.3, -0.25) is 14.9 Å². The van der Waals surface area contributed by atoms with Crippen LogP contribution in [0.15, 0.2) is 79.1 Å². The number of nitrogens with one attached hydrogen (secondary N) is 1. The van der Waals surface area contributed by atoms with E-state index < -0.39 is 6.04 Å². The zero-order chi connectivity index (χ0) is 37.5. The second-order valence-electron chi connectivity index (χ2n) is 15.0. The molecule has 0 saturated carbocycles. The number of benzene rings is 2. The minimum absolute atomic E-state index is 0.163. The summed E-state index contributed by atoms with van der Waals surface area (Å²) in [6.45, 7) is 1.56. The number of para-hydroxylation sites is 1. The van der Waals surface area contributed by atoms with Crippen molar-refractivity contribution in [3.05, 3.63) is 90.4 Å². The lowest BCUT2D eigenvalue weighted by atomic mass is 10.0. The number of amides is 2. The number of nitrogens with two attached hydrogens (primary N) is 1. The first kappa shape index (κ1) is 34.6. The molecule has 2 amide bonds. The molecule has 4 N–H and O–H groups in total. The molecule has 3 saturated heterocycles. The Labute approximate surface area is 318 Å². The average molecular weight is 737 g/mol. The van der Waals surface area contributed by atoms with Crippen LogP contribution in [0.3, 0.4) is 0 Å². The Kier molecular flexibility index (Phi) is 9.20. The number of anilines is 3. The van der Waals surface area contributed by atoms with Crippen LogP contribution < -0.4 is 20.9 Å². The van der Waals surface area contributed by atoms with Gasteiger partial charge in [0.15, 0.2) is 5.82 Å². The van der Waals surface area contributed by atoms with Crippen LogP contribution in [0.2, 0.25) is 0 Å². The first-order valence-electron chi connectivity index (χ1n) is 19.4. The summed E-state index contributed by atoms with van der Waals surface area (Å²) in [4.78, 5) is 44.0. The summed E-state index contributed by atoms with van der Waals surface area (Å²) in [5.74, 6) is 0.874. The lowest BCUT2D eigenvalue weighted by Gasteiger charge is -2.42. The summed E-state index contributed by atoms with van der Waals surface area (Å²) in [5, 5.41) is 23.6. The van der Waals surface area contributed by atoms with Crippen molar-refractivity contribution in [2.75, 3.05) is 28.6 Å². The number of piperidine rings is 1. The number of rotatable bonds is 11. The Morgan fingerprint density at radius 3 is 2.47 bits per heavy atom. The zero-order valence-electron chi connectivity index (χ0n) is 30.6. The number of nitrogen functional groups attached to an aromatic ring is 1. The highest BCUT2D eigenvalue weighted by molar-refractivity contribution is 6.10. The van der Waals surface area contributed by atoms with Crippen LogP contribution in [-0.4, -0.2) is 71.8 Å². The van der Waals surface area contributed by atoms with Gasteiger partial charge in [0.05, 0.1) is 16.9 Å². The Bertz CT molecular complexity index is 2400. The number of aromatic hydroxyl groups is 1. The van der Waals surface area contributed by atoms with Crippen molar-refractivity contribution in [2.24, 2.45) is 0 Å². The molecule has 3 atom stereocenters. The van der Waals surface area contributed by atoms with Crippen molar-refractivity contribution in [1.82, 2.24) is 35.0 Å². The van der Waals surface area contributed by atoms with E-state index in [0.717, 1.165) is 104 Å². The smallest absolute Gasteiger partial charge is 0.249 e. The quantitative estimate of drug-likeness (QED) is 0.107. The third-order valence-electron chi connectivity index (χ3n) is 11.6. The average Bonchev–Trinajstić information content (AvgIpc) is 3.67. The number of nitrogens with zero attached hydrogens (tertiary/aromatic N) is 8. The fourth-order valence-corrected chi connectivity index (χ4v) is 8.96. The SMILES string of the molecule is Nc1nnc(-c2ccccc2O)cc1N1CC2CCC(C1)N2c1nccc(CCCCCCc2cccc3c2c2cccnc2n3C2CCC(=O)NC2=O)n1. The number of phenols is 1. The molecule has 13 heteroatoms. The van der Waals surface area contributed by atoms with Crippen LogP contribution >= 0.6 is 0 Å². The molecule has 3 fully saturated rings. The number of aryl methyl sites for hydroxylation is 2. The molecule has 0 radical (unpaired) electrons. The van der Waals surface area contributed by atoms with E-state index in [4.69, 9.17) is 15.7 Å². The maximum atomic E-state index is 12.9. The van der Waals surface area contributed by atoms with Crippen LogP contribution in [0.4, 0.5) is 17.5 Å².